The van der Waals surface area contributed by atoms with Gasteiger partial charge >= 0.3 is 0 Å². The minimum Gasteiger partial charge on any atom is -0.496 e. The number of halogens is 2. The Hall–Kier alpha value is -2.38. The Kier molecular flexibility index (Phi) is 5.37. The van der Waals surface area contributed by atoms with E-state index in [4.69, 9.17) is 9.47 Å². The predicted molar refractivity (Wildman–Crippen MR) is 100 cm³/mol. The molecule has 0 radical (unpaired) electrons. The molecule has 1 fully saturated rings. The van der Waals surface area contributed by atoms with Gasteiger partial charge < -0.3 is 14.8 Å². The van der Waals surface area contributed by atoms with Crippen molar-refractivity contribution in [1.82, 2.24) is 10.4 Å². The van der Waals surface area contributed by atoms with E-state index in [1.165, 1.54) is 17.3 Å². The third-order valence-corrected chi connectivity index (χ3v) is 5.61. The van der Waals surface area contributed by atoms with Crippen LogP contribution in [-0.2, 0) is 9.78 Å². The first-order valence-corrected chi connectivity index (χ1v) is 9.44. The topological polar surface area (TPSA) is 43.0 Å². The lowest BCUT2D eigenvalue weighted by Crippen LogP contribution is -2.34. The quantitative estimate of drug-likeness (QED) is 0.789. The molecule has 0 aliphatic carbocycles. The van der Waals surface area contributed by atoms with Gasteiger partial charge in [-0.25, -0.2) is 9.45 Å². The fraction of sp³-hybridized carbons (Fsp3) is 0.429. The first-order chi connectivity index (χ1) is 13.6. The van der Waals surface area contributed by atoms with E-state index < -0.39 is 0 Å². The number of methoxy groups -OCH3 is 1. The number of nitrogens with one attached hydrogen (secondary N) is 1. The van der Waals surface area contributed by atoms with Gasteiger partial charge in [0, 0.05) is 24.4 Å². The van der Waals surface area contributed by atoms with Crippen LogP contribution in [0.25, 0.3) is 0 Å². The highest BCUT2D eigenvalue weighted by Crippen LogP contribution is 2.45. The first-order valence-electron chi connectivity index (χ1n) is 9.44. The summed E-state index contributed by atoms with van der Waals surface area (Å²) in [7, 11) is 1.63. The van der Waals surface area contributed by atoms with Crippen LogP contribution in [0.3, 0.4) is 0 Å². The standard InChI is InChI=1S/C21H24F2N2O3/c1-13-7-15(4-6-19(13)26-2)21-20-16(12-27-21)9-18(25(20)28-23)5-3-14-8-17(22)11-24-10-14/h4,6-9,11,16,20-21,24H,3,5,10,12H2,1-2H3. The van der Waals surface area contributed by atoms with Crippen LogP contribution in [0.5, 0.6) is 5.75 Å². The van der Waals surface area contributed by atoms with Gasteiger partial charge in [0.15, 0.2) is 0 Å². The largest absolute Gasteiger partial charge is 0.496 e. The zero-order valence-corrected chi connectivity index (χ0v) is 16.0. The average Bonchev–Trinajstić information content (AvgIpc) is 3.25. The normalized spacial score (nSPS) is 26.4. The molecule has 1 aromatic rings. The highest BCUT2D eigenvalue weighted by Gasteiger charge is 2.47. The number of hydroxylamine groups is 2. The Morgan fingerprint density at radius 2 is 2.18 bits per heavy atom. The summed E-state index contributed by atoms with van der Waals surface area (Å²) in [5.74, 6) is 0.562. The highest BCUT2D eigenvalue weighted by atomic mass is 19.3. The van der Waals surface area contributed by atoms with E-state index in [0.29, 0.717) is 26.0 Å². The Balaban J connectivity index is 1.49. The van der Waals surface area contributed by atoms with Crippen molar-refractivity contribution < 1.29 is 23.4 Å². The molecule has 3 aliphatic heterocycles. The van der Waals surface area contributed by atoms with Crippen LogP contribution < -0.4 is 10.1 Å². The van der Waals surface area contributed by atoms with Crippen molar-refractivity contribution in [3.8, 4) is 5.75 Å². The predicted octanol–water partition coefficient (Wildman–Crippen LogP) is 4.20. The van der Waals surface area contributed by atoms with Gasteiger partial charge in [-0.15, -0.1) is 0 Å². The Morgan fingerprint density at radius 3 is 2.89 bits per heavy atom. The molecule has 0 amide bonds. The molecule has 0 bridgehead atoms. The van der Waals surface area contributed by atoms with Crippen LogP contribution in [0.15, 0.2) is 53.6 Å². The molecule has 3 atom stereocenters. The van der Waals surface area contributed by atoms with Crippen LogP contribution in [0.4, 0.5) is 8.92 Å². The molecule has 3 aliphatic rings. The second-order valence-electron chi connectivity index (χ2n) is 7.40. The van der Waals surface area contributed by atoms with Gasteiger partial charge in [0.1, 0.15) is 17.7 Å². The van der Waals surface area contributed by atoms with Crippen molar-refractivity contribution >= 4 is 0 Å². The van der Waals surface area contributed by atoms with Crippen LogP contribution >= 0.6 is 0 Å². The fourth-order valence-electron chi connectivity index (χ4n) is 4.26. The lowest BCUT2D eigenvalue weighted by atomic mass is 9.95. The van der Waals surface area contributed by atoms with E-state index in [2.05, 4.69) is 10.4 Å². The molecular weight excluding hydrogens is 366 g/mol. The molecular formula is C21H24F2N2O3. The zero-order chi connectivity index (χ0) is 19.7. The van der Waals surface area contributed by atoms with Crippen LogP contribution in [0.1, 0.15) is 30.1 Å². The van der Waals surface area contributed by atoms with Crippen LogP contribution in [-0.4, -0.2) is 31.4 Å². The minimum absolute atomic E-state index is 0.0493. The summed E-state index contributed by atoms with van der Waals surface area (Å²) in [6, 6.07) is 5.59. The third-order valence-electron chi connectivity index (χ3n) is 5.61. The smallest absolute Gasteiger partial charge is 0.138 e. The van der Waals surface area contributed by atoms with E-state index in [0.717, 1.165) is 28.1 Å². The third kappa shape index (κ3) is 3.52. The molecule has 1 saturated heterocycles. The molecule has 7 heteroatoms. The number of rotatable bonds is 6. The number of aryl methyl sites for hydroxylation is 1. The number of allylic oxidation sites excluding steroid dienone is 3. The van der Waals surface area contributed by atoms with Crippen LogP contribution in [0.2, 0.25) is 0 Å². The number of nitrogens with zero attached hydrogens (tertiary/aromatic N) is 1. The Bertz CT molecular complexity index is 837. The fourth-order valence-corrected chi connectivity index (χ4v) is 4.26. The molecule has 0 saturated carbocycles. The van der Waals surface area contributed by atoms with Crippen molar-refractivity contribution in [1.29, 1.82) is 0 Å². The SMILES string of the molecule is COc1ccc(C2OCC3C=C(CCC4=CC(F)=CNC4)N(OF)C32)cc1C. The number of dihydropyridines is 1. The van der Waals surface area contributed by atoms with E-state index >= 15 is 0 Å². The summed E-state index contributed by atoms with van der Waals surface area (Å²) in [5.41, 5.74) is 3.67. The number of benzene rings is 1. The van der Waals surface area contributed by atoms with Crippen molar-refractivity contribution in [3.63, 3.8) is 0 Å². The van der Waals surface area contributed by atoms with E-state index in [1.54, 1.807) is 7.11 Å². The van der Waals surface area contributed by atoms with Crippen LogP contribution in [0, 0.1) is 12.8 Å². The first kappa shape index (κ1) is 19.0. The number of ether oxygens (including phenoxy) is 2. The summed E-state index contributed by atoms with van der Waals surface area (Å²) in [6.45, 7) is 3.07. The zero-order valence-electron chi connectivity index (χ0n) is 16.0. The number of fused-ring (bicyclic) bond motifs is 1. The summed E-state index contributed by atoms with van der Waals surface area (Å²) in [6.07, 6.45) is 5.80. The van der Waals surface area contributed by atoms with E-state index in [-0.39, 0.29) is 23.9 Å². The number of hydrogen-bond donors (Lipinski definition) is 1. The Labute approximate surface area is 163 Å². The van der Waals surface area contributed by atoms with Gasteiger partial charge in [0.2, 0.25) is 0 Å². The summed E-state index contributed by atoms with van der Waals surface area (Å²) < 4.78 is 38.2. The maximum Gasteiger partial charge on any atom is 0.138 e. The molecule has 0 aromatic heterocycles. The Morgan fingerprint density at radius 1 is 1.32 bits per heavy atom. The lowest BCUT2D eigenvalue weighted by molar-refractivity contribution is -0.323. The van der Waals surface area contributed by atoms with Crippen molar-refractivity contribution in [2.75, 3.05) is 20.3 Å². The molecule has 1 aromatic carbocycles. The molecule has 5 nitrogen and oxygen atoms in total. The molecule has 1 N–H and O–H groups in total. The van der Waals surface area contributed by atoms with Crippen molar-refractivity contribution in [2.24, 2.45) is 5.92 Å². The molecule has 3 unspecified atom stereocenters. The minimum atomic E-state index is -0.296. The maximum atomic E-state index is 13.5. The second kappa shape index (κ2) is 7.93. The van der Waals surface area contributed by atoms with Crippen molar-refractivity contribution in [3.05, 3.63) is 64.8 Å². The van der Waals surface area contributed by atoms with Gasteiger partial charge in [-0.2, -0.15) is 0 Å². The van der Waals surface area contributed by atoms with Gasteiger partial charge in [0.05, 0.1) is 19.8 Å². The number of hydrogen-bond acceptors (Lipinski definition) is 5. The van der Waals surface area contributed by atoms with Gasteiger partial charge in [0.25, 0.3) is 0 Å². The summed E-state index contributed by atoms with van der Waals surface area (Å²) in [4.78, 5) is 0. The van der Waals surface area contributed by atoms with Crippen molar-refractivity contribution in [2.45, 2.75) is 31.9 Å². The molecule has 150 valence electrons. The van der Waals surface area contributed by atoms with E-state index in [9.17, 15) is 8.92 Å². The second-order valence-corrected chi connectivity index (χ2v) is 7.40. The highest BCUT2D eigenvalue weighted by molar-refractivity contribution is 5.38. The monoisotopic (exact) mass is 390 g/mol. The summed E-state index contributed by atoms with van der Waals surface area (Å²) in [5, 5.41) is 8.48. The van der Waals surface area contributed by atoms with Gasteiger partial charge in [-0.1, -0.05) is 17.2 Å². The molecule has 28 heavy (non-hydrogen) atoms. The lowest BCUT2D eigenvalue weighted by Gasteiger charge is -2.28. The van der Waals surface area contributed by atoms with E-state index in [1.807, 2.05) is 31.2 Å². The average molecular weight is 390 g/mol. The molecule has 0 spiro atoms. The molecule has 4 rings (SSSR count). The summed E-state index contributed by atoms with van der Waals surface area (Å²) >= 11 is 0. The van der Waals surface area contributed by atoms with Gasteiger partial charge in [-0.3, -0.25) is 0 Å². The van der Waals surface area contributed by atoms with Gasteiger partial charge in [-0.05, 0) is 59.2 Å². The maximum absolute atomic E-state index is 13.5. The molecule has 3 heterocycles.